The molecular weight excluding hydrogens is 226 g/mol. The maximum Gasteiger partial charge on any atom is 0.305 e. The number of methoxy groups -OCH3 is 1. The van der Waals surface area contributed by atoms with Gasteiger partial charge in [-0.05, 0) is 6.92 Å². The maximum absolute atomic E-state index is 11.2. The Morgan fingerprint density at radius 1 is 1.00 bits per heavy atom. The fourth-order valence-electron chi connectivity index (χ4n) is 1.01. The molecule has 17 heavy (non-hydrogen) atoms. The second kappa shape index (κ2) is 8.43. The molecule has 6 heteroatoms. The van der Waals surface area contributed by atoms with Gasteiger partial charge in [0.1, 0.15) is 5.78 Å². The summed E-state index contributed by atoms with van der Waals surface area (Å²) in [4.78, 5) is 43.7. The molecule has 96 valence electrons. The lowest BCUT2D eigenvalue weighted by Gasteiger charge is -2.03. The average molecular weight is 243 g/mol. The van der Waals surface area contributed by atoms with E-state index in [1.54, 1.807) is 0 Å². The average Bonchev–Trinajstić information content (AvgIpc) is 2.30. The quantitative estimate of drug-likeness (QED) is 0.606. The molecule has 0 saturated carbocycles. The van der Waals surface area contributed by atoms with Gasteiger partial charge in [0.2, 0.25) is 5.91 Å². The molecule has 0 aliphatic rings. The molecule has 6 nitrogen and oxygen atoms in total. The molecule has 0 spiro atoms. The van der Waals surface area contributed by atoms with Gasteiger partial charge >= 0.3 is 5.97 Å². The Kier molecular flexibility index (Phi) is 7.58. The van der Waals surface area contributed by atoms with E-state index in [-0.39, 0.29) is 49.7 Å². The third-order valence-electron chi connectivity index (χ3n) is 2.02. The minimum Gasteiger partial charge on any atom is -0.469 e. The molecule has 0 aliphatic carbocycles. The lowest BCUT2D eigenvalue weighted by molar-refractivity contribution is -0.141. The minimum atomic E-state index is -0.457. The number of nitrogens with one attached hydrogen (secondary N) is 1. The first kappa shape index (κ1) is 15.3. The Morgan fingerprint density at radius 3 is 2.18 bits per heavy atom. The molecule has 0 radical (unpaired) electrons. The predicted octanol–water partition coefficient (Wildman–Crippen LogP) is -0.00590. The summed E-state index contributed by atoms with van der Waals surface area (Å²) in [6.45, 7) is 1.28. The van der Waals surface area contributed by atoms with Gasteiger partial charge in [0.25, 0.3) is 0 Å². The zero-order chi connectivity index (χ0) is 13.3. The number of ketones is 2. The first-order chi connectivity index (χ1) is 7.95. The van der Waals surface area contributed by atoms with Gasteiger partial charge in [-0.2, -0.15) is 0 Å². The monoisotopic (exact) mass is 243 g/mol. The van der Waals surface area contributed by atoms with Crippen LogP contribution in [0.2, 0.25) is 0 Å². The molecule has 0 aromatic heterocycles. The van der Waals surface area contributed by atoms with Crippen LogP contribution in [0.5, 0.6) is 0 Å². The highest BCUT2D eigenvalue weighted by atomic mass is 16.5. The summed E-state index contributed by atoms with van der Waals surface area (Å²) < 4.78 is 4.38. The molecule has 0 rings (SSSR count). The van der Waals surface area contributed by atoms with E-state index >= 15 is 0 Å². The Bertz CT molecular complexity index is 311. The Balaban J connectivity index is 3.66. The summed E-state index contributed by atoms with van der Waals surface area (Å²) in [5.74, 6) is -1.11. The van der Waals surface area contributed by atoms with Crippen molar-refractivity contribution in [2.24, 2.45) is 0 Å². The molecule has 0 aromatic carbocycles. The first-order valence-electron chi connectivity index (χ1n) is 5.30. The molecule has 0 heterocycles. The lowest BCUT2D eigenvalue weighted by Crippen LogP contribution is -2.29. The van der Waals surface area contributed by atoms with E-state index in [0.29, 0.717) is 0 Å². The zero-order valence-electron chi connectivity index (χ0n) is 10.1. The number of esters is 1. The van der Waals surface area contributed by atoms with Crippen LogP contribution in [0.1, 0.15) is 32.6 Å². The van der Waals surface area contributed by atoms with Crippen molar-refractivity contribution in [3.63, 3.8) is 0 Å². The molecule has 0 atom stereocenters. The largest absolute Gasteiger partial charge is 0.469 e. The second-order valence-corrected chi connectivity index (χ2v) is 3.59. The van der Waals surface area contributed by atoms with E-state index in [1.165, 1.54) is 14.0 Å². The molecular formula is C11H17NO5. The minimum absolute atomic E-state index is 0.0125. The van der Waals surface area contributed by atoms with Crippen LogP contribution in [0.4, 0.5) is 0 Å². The standard InChI is InChI=1S/C11H17NO5/c1-8(13)3-5-10(15)12-7-9(14)4-6-11(16)17-2/h3-7H2,1-2H3,(H,12,15). The highest BCUT2D eigenvalue weighted by Crippen LogP contribution is 1.94. The molecule has 0 aromatic rings. The van der Waals surface area contributed by atoms with E-state index in [1.807, 2.05) is 0 Å². The van der Waals surface area contributed by atoms with Crippen molar-refractivity contribution in [3.05, 3.63) is 0 Å². The third kappa shape index (κ3) is 9.22. The second-order valence-electron chi connectivity index (χ2n) is 3.59. The number of rotatable bonds is 8. The van der Waals surface area contributed by atoms with Crippen molar-refractivity contribution in [2.75, 3.05) is 13.7 Å². The van der Waals surface area contributed by atoms with Crippen LogP contribution in [0.15, 0.2) is 0 Å². The number of Topliss-reactive ketones (excluding diaryl/α,β-unsaturated/α-hetero) is 2. The van der Waals surface area contributed by atoms with Gasteiger partial charge in [-0.3, -0.25) is 14.4 Å². The van der Waals surface area contributed by atoms with Crippen LogP contribution in [0, 0.1) is 0 Å². The Hall–Kier alpha value is -1.72. The van der Waals surface area contributed by atoms with Gasteiger partial charge in [-0.25, -0.2) is 0 Å². The Labute approximate surface area is 99.7 Å². The lowest BCUT2D eigenvalue weighted by atomic mass is 10.2. The van der Waals surface area contributed by atoms with E-state index in [9.17, 15) is 19.2 Å². The molecule has 0 unspecified atom stereocenters. The van der Waals surface area contributed by atoms with Crippen molar-refractivity contribution in [1.29, 1.82) is 0 Å². The van der Waals surface area contributed by atoms with Crippen molar-refractivity contribution in [1.82, 2.24) is 5.32 Å². The number of hydrogen-bond acceptors (Lipinski definition) is 5. The van der Waals surface area contributed by atoms with Gasteiger partial charge in [0, 0.05) is 19.3 Å². The molecule has 0 saturated heterocycles. The van der Waals surface area contributed by atoms with Gasteiger partial charge in [0.15, 0.2) is 5.78 Å². The van der Waals surface area contributed by atoms with Crippen molar-refractivity contribution >= 4 is 23.4 Å². The molecule has 0 aliphatic heterocycles. The van der Waals surface area contributed by atoms with Crippen molar-refractivity contribution in [3.8, 4) is 0 Å². The number of carbonyl (C=O) groups excluding carboxylic acids is 4. The molecule has 1 amide bonds. The summed E-state index contributed by atoms with van der Waals surface area (Å²) in [5, 5.41) is 2.39. The SMILES string of the molecule is COC(=O)CCC(=O)CNC(=O)CCC(C)=O. The van der Waals surface area contributed by atoms with Crippen LogP contribution in [0.25, 0.3) is 0 Å². The topological polar surface area (TPSA) is 89.5 Å². The highest BCUT2D eigenvalue weighted by molar-refractivity contribution is 5.89. The predicted molar refractivity (Wildman–Crippen MR) is 59.2 cm³/mol. The first-order valence-corrected chi connectivity index (χ1v) is 5.30. The van der Waals surface area contributed by atoms with Gasteiger partial charge in [0.05, 0.1) is 20.1 Å². The fraction of sp³-hybridized carbons (Fsp3) is 0.636. The summed E-state index contributed by atoms with van der Waals surface area (Å²) in [7, 11) is 1.25. The van der Waals surface area contributed by atoms with E-state index in [0.717, 1.165) is 0 Å². The van der Waals surface area contributed by atoms with Crippen LogP contribution in [-0.2, 0) is 23.9 Å². The fourth-order valence-corrected chi connectivity index (χ4v) is 1.01. The van der Waals surface area contributed by atoms with E-state index in [2.05, 4.69) is 10.1 Å². The van der Waals surface area contributed by atoms with Crippen molar-refractivity contribution < 1.29 is 23.9 Å². The van der Waals surface area contributed by atoms with E-state index in [4.69, 9.17) is 0 Å². The van der Waals surface area contributed by atoms with Crippen LogP contribution in [-0.4, -0.2) is 37.1 Å². The van der Waals surface area contributed by atoms with Gasteiger partial charge < -0.3 is 14.8 Å². The molecule has 0 bridgehead atoms. The summed E-state index contributed by atoms with van der Waals surface area (Å²) in [6.07, 6.45) is 0.306. The molecule has 1 N–H and O–H groups in total. The van der Waals surface area contributed by atoms with Crippen molar-refractivity contribution in [2.45, 2.75) is 32.6 Å². The Morgan fingerprint density at radius 2 is 1.65 bits per heavy atom. The number of carbonyl (C=O) groups is 4. The van der Waals surface area contributed by atoms with Gasteiger partial charge in [-0.15, -0.1) is 0 Å². The normalized spacial score (nSPS) is 9.53. The molecule has 0 fully saturated rings. The van der Waals surface area contributed by atoms with Crippen LogP contribution >= 0.6 is 0 Å². The number of amides is 1. The van der Waals surface area contributed by atoms with E-state index < -0.39 is 5.97 Å². The van der Waals surface area contributed by atoms with Crippen LogP contribution < -0.4 is 5.32 Å². The van der Waals surface area contributed by atoms with Gasteiger partial charge in [-0.1, -0.05) is 0 Å². The maximum atomic E-state index is 11.2. The smallest absolute Gasteiger partial charge is 0.305 e. The summed E-state index contributed by atoms with van der Waals surface area (Å²) >= 11 is 0. The third-order valence-corrected chi connectivity index (χ3v) is 2.02. The summed E-state index contributed by atoms with van der Waals surface area (Å²) in [6, 6.07) is 0. The number of hydrogen-bond donors (Lipinski definition) is 1. The highest BCUT2D eigenvalue weighted by Gasteiger charge is 2.09. The zero-order valence-corrected chi connectivity index (χ0v) is 10.1. The van der Waals surface area contributed by atoms with Crippen LogP contribution in [0.3, 0.4) is 0 Å². The summed E-state index contributed by atoms with van der Waals surface area (Å²) in [5.41, 5.74) is 0. The number of ether oxygens (including phenoxy) is 1.